The normalized spacial score (nSPS) is 44.5. The second-order valence-corrected chi connectivity index (χ2v) is 3.69. The molecule has 0 spiro atoms. The zero-order valence-corrected chi connectivity index (χ0v) is 9.12. The molecular weight excluding hydrogens is 289 g/mol. The van der Waals surface area contributed by atoms with Crippen LogP contribution in [0.3, 0.4) is 0 Å². The maximum absolute atomic E-state index is 9.56. The standard InChI is InChI=1S/C6H10IN3O3/c1-3-4(11)5(12)6(2-7,13-3)9-10-8/h3-5,11-12H,2H2,1H3/t3-,4?,5-,6+/m0/s1. The van der Waals surface area contributed by atoms with E-state index in [-0.39, 0.29) is 0 Å². The molecule has 7 heteroatoms. The topological polar surface area (TPSA) is 98.5 Å². The van der Waals surface area contributed by atoms with Gasteiger partial charge in [-0.15, -0.1) is 0 Å². The highest BCUT2D eigenvalue weighted by Gasteiger charge is 2.51. The van der Waals surface area contributed by atoms with Gasteiger partial charge in [-0.2, -0.15) is 0 Å². The van der Waals surface area contributed by atoms with Crippen LogP contribution in [0.1, 0.15) is 6.92 Å². The fraction of sp³-hybridized carbons (Fsp3) is 1.00. The molecule has 0 aromatic rings. The highest BCUT2D eigenvalue weighted by molar-refractivity contribution is 14.1. The van der Waals surface area contributed by atoms with Gasteiger partial charge in [0.05, 0.1) is 6.10 Å². The van der Waals surface area contributed by atoms with Crippen LogP contribution >= 0.6 is 22.6 Å². The molecule has 0 saturated carbocycles. The average Bonchev–Trinajstić information content (AvgIpc) is 2.32. The molecular formula is C6H10IN3O3. The Morgan fingerprint density at radius 3 is 2.62 bits per heavy atom. The summed E-state index contributed by atoms with van der Waals surface area (Å²) >= 11 is 1.94. The molecule has 4 atom stereocenters. The maximum Gasteiger partial charge on any atom is 0.184 e. The summed E-state index contributed by atoms with van der Waals surface area (Å²) in [5.41, 5.74) is 6.98. The Morgan fingerprint density at radius 2 is 2.31 bits per heavy atom. The van der Waals surface area contributed by atoms with E-state index in [1.165, 1.54) is 0 Å². The van der Waals surface area contributed by atoms with Gasteiger partial charge in [0.25, 0.3) is 0 Å². The van der Waals surface area contributed by atoms with E-state index in [0.717, 1.165) is 0 Å². The largest absolute Gasteiger partial charge is 0.388 e. The Labute approximate surface area is 88.7 Å². The first kappa shape index (κ1) is 11.0. The Balaban J connectivity index is 2.95. The molecule has 13 heavy (non-hydrogen) atoms. The lowest BCUT2D eigenvalue weighted by molar-refractivity contribution is -0.0544. The molecule has 1 unspecified atom stereocenters. The molecule has 1 aliphatic heterocycles. The molecule has 0 radical (unpaired) electrons. The molecule has 1 fully saturated rings. The number of rotatable bonds is 2. The fourth-order valence-electron chi connectivity index (χ4n) is 1.28. The first-order valence-corrected chi connectivity index (χ1v) is 5.26. The summed E-state index contributed by atoms with van der Waals surface area (Å²) in [5, 5.41) is 22.4. The third-order valence-corrected chi connectivity index (χ3v) is 3.15. The third kappa shape index (κ3) is 1.75. The second-order valence-electron chi connectivity index (χ2n) is 2.93. The average molecular weight is 299 g/mol. The molecule has 1 rings (SSSR count). The number of hydrogen-bond donors (Lipinski definition) is 2. The van der Waals surface area contributed by atoms with Crippen molar-refractivity contribution in [1.82, 2.24) is 0 Å². The Bertz CT molecular complexity index is 245. The van der Waals surface area contributed by atoms with Crippen LogP contribution < -0.4 is 0 Å². The van der Waals surface area contributed by atoms with Crippen LogP contribution in [0.25, 0.3) is 10.4 Å². The summed E-state index contributed by atoms with van der Waals surface area (Å²) in [5.74, 6) is 0. The zero-order chi connectivity index (χ0) is 10.1. The number of nitrogens with zero attached hydrogens (tertiary/aromatic N) is 3. The van der Waals surface area contributed by atoms with Gasteiger partial charge in [0, 0.05) is 9.34 Å². The molecule has 0 aromatic heterocycles. The van der Waals surface area contributed by atoms with Crippen molar-refractivity contribution in [2.75, 3.05) is 4.43 Å². The van der Waals surface area contributed by atoms with Crippen LogP contribution in [-0.4, -0.2) is 38.7 Å². The number of aliphatic hydroxyl groups excluding tert-OH is 2. The molecule has 1 aliphatic rings. The van der Waals surface area contributed by atoms with Gasteiger partial charge in [0.1, 0.15) is 12.2 Å². The van der Waals surface area contributed by atoms with E-state index in [9.17, 15) is 10.2 Å². The van der Waals surface area contributed by atoms with Crippen molar-refractivity contribution in [2.45, 2.75) is 31.0 Å². The molecule has 74 valence electrons. The predicted octanol–water partition coefficient (Wildman–Crippen LogP) is 0.568. The van der Waals surface area contributed by atoms with Gasteiger partial charge in [-0.05, 0) is 12.5 Å². The third-order valence-electron chi connectivity index (χ3n) is 2.06. The molecule has 6 nitrogen and oxygen atoms in total. The quantitative estimate of drug-likeness (QED) is 0.256. The van der Waals surface area contributed by atoms with Crippen molar-refractivity contribution in [3.8, 4) is 0 Å². The van der Waals surface area contributed by atoms with E-state index in [2.05, 4.69) is 10.0 Å². The van der Waals surface area contributed by atoms with E-state index in [1.807, 2.05) is 22.6 Å². The van der Waals surface area contributed by atoms with Crippen LogP contribution in [-0.2, 0) is 4.74 Å². The summed E-state index contributed by atoms with van der Waals surface area (Å²) in [6.07, 6.45) is -2.68. The number of hydrogen-bond acceptors (Lipinski definition) is 4. The first-order valence-electron chi connectivity index (χ1n) is 3.73. The minimum atomic E-state index is -1.31. The van der Waals surface area contributed by atoms with Crippen LogP contribution in [0.4, 0.5) is 0 Å². The van der Waals surface area contributed by atoms with Crippen molar-refractivity contribution in [1.29, 1.82) is 0 Å². The van der Waals surface area contributed by atoms with Gasteiger partial charge in [-0.3, -0.25) is 0 Å². The van der Waals surface area contributed by atoms with E-state index >= 15 is 0 Å². The molecule has 0 amide bonds. The van der Waals surface area contributed by atoms with Gasteiger partial charge in [-0.1, -0.05) is 27.7 Å². The minimum Gasteiger partial charge on any atom is -0.388 e. The van der Waals surface area contributed by atoms with Gasteiger partial charge in [0.2, 0.25) is 0 Å². The summed E-state index contributed by atoms with van der Waals surface area (Å²) in [6, 6.07) is 0. The number of aliphatic hydroxyl groups is 2. The highest BCUT2D eigenvalue weighted by atomic mass is 127. The van der Waals surface area contributed by atoms with E-state index in [0.29, 0.717) is 4.43 Å². The monoisotopic (exact) mass is 299 g/mol. The molecule has 2 N–H and O–H groups in total. The highest BCUT2D eigenvalue weighted by Crippen LogP contribution is 2.34. The van der Waals surface area contributed by atoms with E-state index in [4.69, 9.17) is 10.3 Å². The lowest BCUT2D eigenvalue weighted by atomic mass is 10.1. The van der Waals surface area contributed by atoms with E-state index < -0.39 is 24.0 Å². The summed E-state index contributed by atoms with van der Waals surface area (Å²) < 4.78 is 5.54. The molecule has 0 aromatic carbocycles. The number of ether oxygens (including phenoxy) is 1. The van der Waals surface area contributed by atoms with Crippen LogP contribution in [0.5, 0.6) is 0 Å². The summed E-state index contributed by atoms with van der Waals surface area (Å²) in [4.78, 5) is 2.60. The number of halogens is 1. The Morgan fingerprint density at radius 1 is 1.69 bits per heavy atom. The van der Waals surface area contributed by atoms with Crippen molar-refractivity contribution in [3.05, 3.63) is 10.4 Å². The summed E-state index contributed by atoms with van der Waals surface area (Å²) in [6.45, 7) is 1.62. The van der Waals surface area contributed by atoms with Crippen molar-refractivity contribution >= 4 is 22.6 Å². The Kier molecular flexibility index (Phi) is 3.36. The molecule has 1 heterocycles. The second kappa shape index (κ2) is 3.97. The predicted molar refractivity (Wildman–Crippen MR) is 53.3 cm³/mol. The fourth-order valence-corrected chi connectivity index (χ4v) is 2.06. The van der Waals surface area contributed by atoms with Gasteiger partial charge in [-0.25, -0.2) is 0 Å². The van der Waals surface area contributed by atoms with Crippen molar-refractivity contribution < 1.29 is 14.9 Å². The van der Waals surface area contributed by atoms with Crippen molar-refractivity contribution in [2.24, 2.45) is 5.11 Å². The minimum absolute atomic E-state index is 0.303. The maximum atomic E-state index is 9.56. The first-order chi connectivity index (χ1) is 6.07. The SMILES string of the molecule is C[C@@H]1O[C@@](CI)(N=[N+]=[N-])[C@@H](O)C1O. The van der Waals surface area contributed by atoms with Crippen LogP contribution in [0, 0.1) is 0 Å². The number of alkyl halides is 1. The van der Waals surface area contributed by atoms with Crippen LogP contribution in [0.2, 0.25) is 0 Å². The van der Waals surface area contributed by atoms with Crippen LogP contribution in [0.15, 0.2) is 5.11 Å². The smallest absolute Gasteiger partial charge is 0.184 e. The van der Waals surface area contributed by atoms with Crippen molar-refractivity contribution in [3.63, 3.8) is 0 Å². The van der Waals surface area contributed by atoms with Gasteiger partial charge >= 0.3 is 0 Å². The molecule has 0 bridgehead atoms. The lowest BCUT2D eigenvalue weighted by Gasteiger charge is -2.23. The zero-order valence-electron chi connectivity index (χ0n) is 6.96. The Hall–Kier alpha value is -0.0800. The van der Waals surface area contributed by atoms with E-state index in [1.54, 1.807) is 6.92 Å². The molecule has 0 aliphatic carbocycles. The summed E-state index contributed by atoms with van der Waals surface area (Å²) in [7, 11) is 0. The molecule has 1 saturated heterocycles. The van der Waals surface area contributed by atoms with Gasteiger partial charge < -0.3 is 14.9 Å². The number of azide groups is 1. The van der Waals surface area contributed by atoms with Gasteiger partial charge in [0.15, 0.2) is 5.72 Å². The lowest BCUT2D eigenvalue weighted by Crippen LogP contribution is -2.42.